The Labute approximate surface area is 331 Å². The van der Waals surface area contributed by atoms with Crippen LogP contribution >= 0.6 is 0 Å². The number of rotatable bonds is 23. The number of ketones is 1. The molecule has 2 rings (SSSR count). The van der Waals surface area contributed by atoms with Gasteiger partial charge in [-0.25, -0.2) is 0 Å². The maximum absolute atomic E-state index is 13.7. The van der Waals surface area contributed by atoms with Crippen LogP contribution in [0.1, 0.15) is 64.2 Å². The first-order valence-electron chi connectivity index (χ1n) is 18.8. The van der Waals surface area contributed by atoms with Crippen LogP contribution in [0, 0.1) is 12.8 Å². The zero-order valence-corrected chi connectivity index (χ0v) is 34.4. The van der Waals surface area contributed by atoms with Crippen molar-refractivity contribution in [1.82, 2.24) is 14.7 Å². The molecule has 5 atom stereocenters. The number of hydrogen-bond donors (Lipinski definition) is 0. The second-order valence-corrected chi connectivity index (χ2v) is 14.1. The van der Waals surface area contributed by atoms with E-state index < -0.39 is 61.3 Å². The molecule has 13 heteroatoms. The predicted octanol–water partition coefficient (Wildman–Crippen LogP) is 4.84. The van der Waals surface area contributed by atoms with Crippen LogP contribution in [-0.2, 0) is 60.6 Å². The van der Waals surface area contributed by atoms with Gasteiger partial charge in [-0.15, -0.1) is 0 Å². The van der Waals surface area contributed by atoms with Gasteiger partial charge in [-0.2, -0.15) is 0 Å². The molecule has 13 nitrogen and oxygen atoms in total. The number of likely N-dealkylation sites (N-methyl/N-ethyl adjacent to an activating group) is 3. The molecule has 2 aromatic rings. The number of benzene rings is 2. The summed E-state index contributed by atoms with van der Waals surface area (Å²) in [7, 11) is 4.31. The molecule has 0 saturated heterocycles. The SMILES string of the molecule is C=C(CC)OC(C)C(=O)N(C)CC(=C)OC(Cc1ccccc1)C(=O)N(C)CC(=O)OC(C)C(=O)N(C)CC(=O)OC(Cc1ccc(C)cc1)C(=O)C(C)CC. The summed E-state index contributed by atoms with van der Waals surface area (Å²) in [4.78, 5) is 82.2. The molecule has 0 aliphatic rings. The molecule has 306 valence electrons. The minimum atomic E-state index is -1.31. The topological polar surface area (TPSA) is 149 Å². The molecule has 0 aliphatic carbocycles. The quantitative estimate of drug-likeness (QED) is 0.113. The molecular formula is C43H59N3O10. The molecule has 5 unspecified atom stereocenters. The summed E-state index contributed by atoms with van der Waals surface area (Å²) >= 11 is 0. The van der Waals surface area contributed by atoms with Gasteiger partial charge in [0.2, 0.25) is 0 Å². The molecule has 0 radical (unpaired) electrons. The lowest BCUT2D eigenvalue weighted by molar-refractivity contribution is -0.164. The highest BCUT2D eigenvalue weighted by Crippen LogP contribution is 2.17. The molecule has 0 heterocycles. The van der Waals surface area contributed by atoms with Crippen LogP contribution in [0.15, 0.2) is 79.3 Å². The third-order valence-electron chi connectivity index (χ3n) is 9.10. The van der Waals surface area contributed by atoms with E-state index in [9.17, 15) is 28.8 Å². The number of carbonyl (C=O) groups is 6. The van der Waals surface area contributed by atoms with Crippen molar-refractivity contribution in [2.24, 2.45) is 5.92 Å². The molecule has 0 fully saturated rings. The Morgan fingerprint density at radius 3 is 1.62 bits per heavy atom. The summed E-state index contributed by atoms with van der Waals surface area (Å²) in [5, 5.41) is 0. The van der Waals surface area contributed by atoms with Crippen LogP contribution in [0.25, 0.3) is 0 Å². The number of Topliss-reactive ketones (excluding diaryl/α,β-unsaturated/α-hetero) is 1. The first kappa shape index (κ1) is 46.7. The zero-order chi connectivity index (χ0) is 42.1. The molecule has 2 aromatic carbocycles. The third kappa shape index (κ3) is 15.3. The van der Waals surface area contributed by atoms with Gasteiger partial charge in [-0.3, -0.25) is 28.8 Å². The van der Waals surface area contributed by atoms with Gasteiger partial charge < -0.3 is 33.6 Å². The molecule has 0 aromatic heterocycles. The van der Waals surface area contributed by atoms with Gasteiger partial charge in [-0.05, 0) is 38.3 Å². The average Bonchev–Trinajstić information content (AvgIpc) is 3.16. The highest BCUT2D eigenvalue weighted by Gasteiger charge is 2.31. The third-order valence-corrected chi connectivity index (χ3v) is 9.10. The van der Waals surface area contributed by atoms with Crippen LogP contribution < -0.4 is 0 Å². The molecule has 0 N–H and O–H groups in total. The minimum absolute atomic E-state index is 0.0300. The number of aryl methyl sites for hydroxylation is 1. The Balaban J connectivity index is 2.03. The smallest absolute Gasteiger partial charge is 0.326 e. The van der Waals surface area contributed by atoms with E-state index in [4.69, 9.17) is 18.9 Å². The van der Waals surface area contributed by atoms with E-state index in [-0.39, 0.29) is 42.8 Å². The zero-order valence-electron chi connectivity index (χ0n) is 34.4. The standard InChI is InChI=1S/C43H59N3O10/c1-12-29(4)40(49)36(23-35-21-19-28(3)20-22-35)56-39(48)27-45(10)42(51)33(8)55-38(47)26-46(11)43(52)37(24-34-17-15-14-16-18-34)54-31(6)25-44(9)41(50)32(7)53-30(5)13-2/h14-22,29,32-33,36-37H,5-6,12-13,23-27H2,1-4,7-11H3. The fourth-order valence-corrected chi connectivity index (χ4v) is 5.52. The summed E-state index contributed by atoms with van der Waals surface area (Å²) in [5.41, 5.74) is 2.67. The number of ether oxygens (including phenoxy) is 4. The highest BCUT2D eigenvalue weighted by atomic mass is 16.6. The summed E-state index contributed by atoms with van der Waals surface area (Å²) < 4.78 is 22.5. The van der Waals surface area contributed by atoms with Gasteiger partial charge in [0, 0.05) is 46.3 Å². The maximum Gasteiger partial charge on any atom is 0.326 e. The minimum Gasteiger partial charge on any atom is -0.486 e. The first-order valence-corrected chi connectivity index (χ1v) is 18.8. The van der Waals surface area contributed by atoms with E-state index in [1.807, 2.05) is 75.4 Å². The van der Waals surface area contributed by atoms with Gasteiger partial charge in [0.05, 0.1) is 12.3 Å². The number of hydrogen-bond acceptors (Lipinski definition) is 10. The van der Waals surface area contributed by atoms with Crippen LogP contribution in [0.3, 0.4) is 0 Å². The van der Waals surface area contributed by atoms with Gasteiger partial charge in [0.15, 0.2) is 30.2 Å². The van der Waals surface area contributed by atoms with Crippen molar-refractivity contribution in [1.29, 1.82) is 0 Å². The fourth-order valence-electron chi connectivity index (χ4n) is 5.52. The number of amides is 3. The number of esters is 2. The van der Waals surface area contributed by atoms with Crippen LogP contribution in [-0.4, -0.2) is 115 Å². The lowest BCUT2D eigenvalue weighted by Gasteiger charge is -2.28. The van der Waals surface area contributed by atoms with Gasteiger partial charge in [-0.1, -0.05) is 94.1 Å². The molecule has 0 saturated carbocycles. The van der Waals surface area contributed by atoms with Crippen molar-refractivity contribution in [2.45, 2.75) is 91.6 Å². The van der Waals surface area contributed by atoms with Crippen molar-refractivity contribution < 1.29 is 47.7 Å². The second kappa shape index (κ2) is 22.8. The maximum atomic E-state index is 13.7. The fraction of sp³-hybridized carbons (Fsp3) is 0.488. The molecule has 3 amide bonds. The second-order valence-electron chi connectivity index (χ2n) is 14.1. The Morgan fingerprint density at radius 1 is 0.589 bits per heavy atom. The van der Waals surface area contributed by atoms with E-state index in [2.05, 4.69) is 13.2 Å². The normalized spacial score (nSPS) is 13.4. The Bertz CT molecular complexity index is 1680. The molecule has 0 spiro atoms. The van der Waals surface area contributed by atoms with Crippen LogP contribution in [0.2, 0.25) is 0 Å². The molecule has 0 bridgehead atoms. The van der Waals surface area contributed by atoms with E-state index >= 15 is 0 Å². The van der Waals surface area contributed by atoms with E-state index in [0.717, 1.165) is 26.5 Å². The number of nitrogens with zero attached hydrogens (tertiary/aromatic N) is 3. The molecule has 56 heavy (non-hydrogen) atoms. The van der Waals surface area contributed by atoms with Gasteiger partial charge >= 0.3 is 11.9 Å². The molecular weight excluding hydrogens is 718 g/mol. The van der Waals surface area contributed by atoms with Crippen LogP contribution in [0.5, 0.6) is 0 Å². The Hall–Kier alpha value is -5.46. The lowest BCUT2D eigenvalue weighted by atomic mass is 9.94. The van der Waals surface area contributed by atoms with Crippen molar-refractivity contribution in [3.8, 4) is 0 Å². The average molecular weight is 778 g/mol. The van der Waals surface area contributed by atoms with E-state index in [1.54, 1.807) is 20.9 Å². The van der Waals surface area contributed by atoms with Crippen molar-refractivity contribution in [3.63, 3.8) is 0 Å². The van der Waals surface area contributed by atoms with Crippen LogP contribution in [0.4, 0.5) is 0 Å². The van der Waals surface area contributed by atoms with Crippen molar-refractivity contribution in [3.05, 3.63) is 96.0 Å². The van der Waals surface area contributed by atoms with E-state index in [0.29, 0.717) is 18.6 Å². The van der Waals surface area contributed by atoms with Crippen molar-refractivity contribution >= 4 is 35.4 Å². The summed E-state index contributed by atoms with van der Waals surface area (Å²) in [6.45, 7) is 17.1. The predicted molar refractivity (Wildman–Crippen MR) is 212 cm³/mol. The number of allylic oxidation sites excluding steroid dienone is 1. The van der Waals surface area contributed by atoms with Crippen molar-refractivity contribution in [2.75, 3.05) is 40.8 Å². The van der Waals surface area contributed by atoms with E-state index in [1.165, 1.54) is 25.9 Å². The number of carbonyl (C=O) groups excluding carboxylic acids is 6. The molecule has 0 aliphatic heterocycles. The van der Waals surface area contributed by atoms with Gasteiger partial charge in [0.1, 0.15) is 18.8 Å². The monoisotopic (exact) mass is 777 g/mol. The Morgan fingerprint density at radius 2 is 1.07 bits per heavy atom. The summed E-state index contributed by atoms with van der Waals surface area (Å²) in [5.74, 6) is -3.18. The summed E-state index contributed by atoms with van der Waals surface area (Å²) in [6.07, 6.45) is -2.77. The summed E-state index contributed by atoms with van der Waals surface area (Å²) in [6, 6.07) is 16.7. The largest absolute Gasteiger partial charge is 0.486 e. The highest BCUT2D eigenvalue weighted by molar-refractivity contribution is 5.90. The Kier molecular flexibility index (Phi) is 19.0. The lowest BCUT2D eigenvalue weighted by Crippen LogP contribution is -2.45. The van der Waals surface area contributed by atoms with Gasteiger partial charge in [0.25, 0.3) is 17.7 Å². The first-order chi connectivity index (χ1) is 26.4.